The van der Waals surface area contributed by atoms with Crippen LogP contribution >= 0.6 is 0 Å². The van der Waals surface area contributed by atoms with Crippen molar-refractivity contribution < 1.29 is 30.7 Å². The first-order valence-electron chi connectivity index (χ1n) is 4.31. The molecule has 0 bridgehead atoms. The maximum atomic E-state index is 13.0. The van der Waals surface area contributed by atoms with E-state index in [9.17, 15) is 30.7 Å². The number of halogens is 7. The first-order chi connectivity index (χ1) is 7.77. The molecule has 0 radical (unpaired) electrons. The Labute approximate surface area is 91.0 Å². The molecule has 1 rings (SSSR count). The highest BCUT2D eigenvalue weighted by molar-refractivity contribution is 5.25. The quantitative estimate of drug-likeness (QED) is 0.505. The van der Waals surface area contributed by atoms with Gasteiger partial charge in [0.2, 0.25) is 5.82 Å². The van der Waals surface area contributed by atoms with Crippen LogP contribution in [0.5, 0.6) is 0 Å². The minimum absolute atomic E-state index is 1.15. The van der Waals surface area contributed by atoms with Crippen LogP contribution in [0.1, 0.15) is 5.56 Å². The van der Waals surface area contributed by atoms with Gasteiger partial charge < -0.3 is 5.73 Å². The summed E-state index contributed by atoms with van der Waals surface area (Å²) in [5, 5.41) is 0. The number of rotatable bonds is 3. The third-order valence-electron chi connectivity index (χ3n) is 2.06. The molecule has 0 aromatic heterocycles. The lowest BCUT2D eigenvalue weighted by Gasteiger charge is -2.12. The maximum Gasteiger partial charge on any atom is 0.253 e. The molecule has 0 saturated carbocycles. The maximum absolute atomic E-state index is 13.0. The molecule has 96 valence electrons. The molecule has 0 aliphatic carbocycles. The number of benzene rings is 1. The molecule has 0 aliphatic rings. The van der Waals surface area contributed by atoms with Gasteiger partial charge in [-0.25, -0.2) is 30.7 Å². The van der Waals surface area contributed by atoms with Crippen molar-refractivity contribution in [2.75, 3.05) is 0 Å². The van der Waals surface area contributed by atoms with Gasteiger partial charge in [-0.05, 0) is 6.42 Å². The summed E-state index contributed by atoms with van der Waals surface area (Å²) in [6.07, 6.45) is -4.28. The average molecular weight is 261 g/mol. The van der Waals surface area contributed by atoms with Crippen molar-refractivity contribution in [3.05, 3.63) is 34.6 Å². The second-order valence-electron chi connectivity index (χ2n) is 3.25. The Bertz CT molecular complexity index is 403. The summed E-state index contributed by atoms with van der Waals surface area (Å²) in [7, 11) is 0. The second-order valence-corrected chi connectivity index (χ2v) is 3.25. The van der Waals surface area contributed by atoms with Gasteiger partial charge in [0.1, 0.15) is 0 Å². The summed E-state index contributed by atoms with van der Waals surface area (Å²) in [5.74, 6) is -11.0. The molecule has 1 nitrogen and oxygen atoms in total. The fourth-order valence-electron chi connectivity index (χ4n) is 1.15. The van der Waals surface area contributed by atoms with Crippen LogP contribution in [0.25, 0.3) is 0 Å². The third kappa shape index (κ3) is 2.51. The molecule has 8 heteroatoms. The van der Waals surface area contributed by atoms with Gasteiger partial charge in [0.05, 0.1) is 6.04 Å². The van der Waals surface area contributed by atoms with Gasteiger partial charge in [-0.15, -0.1) is 0 Å². The van der Waals surface area contributed by atoms with Gasteiger partial charge >= 0.3 is 0 Å². The van der Waals surface area contributed by atoms with Gasteiger partial charge in [0.25, 0.3) is 6.43 Å². The van der Waals surface area contributed by atoms with Crippen LogP contribution in [0, 0.1) is 29.1 Å². The molecule has 1 aromatic carbocycles. The van der Waals surface area contributed by atoms with Crippen LogP contribution in [0.2, 0.25) is 0 Å². The van der Waals surface area contributed by atoms with Crippen LogP contribution in [0.3, 0.4) is 0 Å². The van der Waals surface area contributed by atoms with E-state index in [-0.39, 0.29) is 0 Å². The molecule has 0 heterocycles. The van der Waals surface area contributed by atoms with E-state index >= 15 is 0 Å². The molecule has 17 heavy (non-hydrogen) atoms. The minimum Gasteiger partial charge on any atom is -0.323 e. The monoisotopic (exact) mass is 261 g/mol. The van der Waals surface area contributed by atoms with Crippen molar-refractivity contribution in [1.82, 2.24) is 0 Å². The highest BCUT2D eigenvalue weighted by Crippen LogP contribution is 2.24. The Morgan fingerprint density at radius 3 is 1.47 bits per heavy atom. The molecule has 1 unspecified atom stereocenters. The predicted molar refractivity (Wildman–Crippen MR) is 43.9 cm³/mol. The van der Waals surface area contributed by atoms with E-state index in [2.05, 4.69) is 0 Å². The lowest BCUT2D eigenvalue weighted by atomic mass is 10.0. The predicted octanol–water partition coefficient (Wildman–Crippen LogP) is 2.52. The molecule has 1 atom stereocenters. The summed E-state index contributed by atoms with van der Waals surface area (Å²) < 4.78 is 88.0. The standard InChI is InChI=1S/C9H6F7N/c10-4-2(1-3(17)9(15)16)5(11)7(13)8(14)6(4)12/h3,9H,1,17H2. The number of alkyl halides is 2. The molecule has 1 aromatic rings. The largest absolute Gasteiger partial charge is 0.323 e. The summed E-state index contributed by atoms with van der Waals surface area (Å²) >= 11 is 0. The van der Waals surface area contributed by atoms with E-state index in [1.807, 2.05) is 0 Å². The van der Waals surface area contributed by atoms with Gasteiger partial charge in [-0.3, -0.25) is 0 Å². The first-order valence-corrected chi connectivity index (χ1v) is 4.31. The Morgan fingerprint density at radius 1 is 0.765 bits per heavy atom. The van der Waals surface area contributed by atoms with E-state index in [0.717, 1.165) is 0 Å². The number of nitrogens with two attached hydrogens (primary N) is 1. The Hall–Kier alpha value is -1.31. The fourth-order valence-corrected chi connectivity index (χ4v) is 1.15. The highest BCUT2D eigenvalue weighted by atomic mass is 19.3. The molecule has 0 saturated heterocycles. The van der Waals surface area contributed by atoms with Crippen molar-refractivity contribution in [1.29, 1.82) is 0 Å². The Balaban J connectivity index is 3.25. The zero-order chi connectivity index (χ0) is 13.3. The fraction of sp³-hybridized carbons (Fsp3) is 0.333. The van der Waals surface area contributed by atoms with E-state index < -0.39 is 53.5 Å². The topological polar surface area (TPSA) is 26.0 Å². The molecule has 0 fully saturated rings. The molecule has 0 amide bonds. The van der Waals surface area contributed by atoms with Crippen molar-refractivity contribution in [2.45, 2.75) is 18.9 Å². The summed E-state index contributed by atoms with van der Waals surface area (Å²) in [5.41, 5.74) is 3.46. The summed E-state index contributed by atoms with van der Waals surface area (Å²) in [4.78, 5) is 0. The Kier molecular flexibility index (Phi) is 3.97. The molecular formula is C9H6F7N. The van der Waals surface area contributed by atoms with Gasteiger partial charge in [-0.1, -0.05) is 0 Å². The van der Waals surface area contributed by atoms with Crippen molar-refractivity contribution in [2.24, 2.45) is 5.73 Å². The molecular weight excluding hydrogens is 255 g/mol. The molecule has 0 aliphatic heterocycles. The van der Waals surface area contributed by atoms with E-state index in [1.165, 1.54) is 0 Å². The van der Waals surface area contributed by atoms with E-state index in [4.69, 9.17) is 5.73 Å². The van der Waals surface area contributed by atoms with E-state index in [1.54, 1.807) is 0 Å². The van der Waals surface area contributed by atoms with Gasteiger partial charge in [0.15, 0.2) is 23.3 Å². The third-order valence-corrected chi connectivity index (χ3v) is 2.06. The van der Waals surface area contributed by atoms with E-state index in [0.29, 0.717) is 0 Å². The van der Waals surface area contributed by atoms with Crippen LogP contribution in [-0.2, 0) is 6.42 Å². The van der Waals surface area contributed by atoms with Crippen LogP contribution < -0.4 is 5.73 Å². The lowest BCUT2D eigenvalue weighted by molar-refractivity contribution is 0.115. The van der Waals surface area contributed by atoms with Gasteiger partial charge in [-0.2, -0.15) is 0 Å². The smallest absolute Gasteiger partial charge is 0.253 e. The zero-order valence-corrected chi connectivity index (χ0v) is 8.08. The van der Waals surface area contributed by atoms with Crippen LogP contribution in [-0.4, -0.2) is 12.5 Å². The highest BCUT2D eigenvalue weighted by Gasteiger charge is 2.28. The Morgan fingerprint density at radius 2 is 1.12 bits per heavy atom. The molecule has 2 N–H and O–H groups in total. The summed E-state index contributed by atoms with van der Waals surface area (Å²) in [6.45, 7) is 0. The first kappa shape index (κ1) is 13.8. The van der Waals surface area contributed by atoms with Crippen molar-refractivity contribution >= 4 is 0 Å². The zero-order valence-electron chi connectivity index (χ0n) is 8.08. The van der Waals surface area contributed by atoms with Crippen molar-refractivity contribution in [3.63, 3.8) is 0 Å². The van der Waals surface area contributed by atoms with Crippen LogP contribution in [0.15, 0.2) is 0 Å². The van der Waals surface area contributed by atoms with Gasteiger partial charge in [0, 0.05) is 5.56 Å². The van der Waals surface area contributed by atoms with Crippen LogP contribution in [0.4, 0.5) is 30.7 Å². The SMILES string of the molecule is NC(Cc1c(F)c(F)c(F)c(F)c1F)C(F)F. The molecule has 0 spiro atoms. The normalized spacial score (nSPS) is 13.2. The number of hydrogen-bond donors (Lipinski definition) is 1. The second kappa shape index (κ2) is 4.91. The number of hydrogen-bond acceptors (Lipinski definition) is 1. The summed E-state index contributed by atoms with van der Waals surface area (Å²) in [6, 6.07) is -2.01. The average Bonchev–Trinajstić information content (AvgIpc) is 2.29. The minimum atomic E-state index is -3.13. The lowest BCUT2D eigenvalue weighted by Crippen LogP contribution is -2.32. The van der Waals surface area contributed by atoms with Crippen molar-refractivity contribution in [3.8, 4) is 0 Å².